The number of amides is 2. The standard InChI is InChI=1S/C17H18N2O3/c20-16-7-2-8-19(16)12-13-4-1-5-14(10-13)17(21)18-11-15-6-3-9-22-15/h1,3-6,9-10H,2,7-8,11-12H2,(H,18,21). The van der Waals surface area contributed by atoms with Crippen LogP contribution in [0.25, 0.3) is 0 Å². The summed E-state index contributed by atoms with van der Waals surface area (Å²) in [4.78, 5) is 25.7. The molecule has 2 aromatic rings. The van der Waals surface area contributed by atoms with Crippen molar-refractivity contribution in [3.8, 4) is 0 Å². The summed E-state index contributed by atoms with van der Waals surface area (Å²) in [6.07, 6.45) is 3.13. The number of carbonyl (C=O) groups is 2. The zero-order valence-electron chi connectivity index (χ0n) is 12.2. The van der Waals surface area contributed by atoms with Crippen molar-refractivity contribution in [2.75, 3.05) is 6.54 Å². The first-order valence-corrected chi connectivity index (χ1v) is 7.40. The highest BCUT2D eigenvalue weighted by Crippen LogP contribution is 2.15. The Balaban J connectivity index is 1.62. The molecule has 2 heterocycles. The summed E-state index contributed by atoms with van der Waals surface area (Å²) in [5, 5.41) is 2.82. The van der Waals surface area contributed by atoms with E-state index in [4.69, 9.17) is 4.42 Å². The van der Waals surface area contributed by atoms with Gasteiger partial charge in [-0.15, -0.1) is 0 Å². The second-order valence-corrected chi connectivity index (χ2v) is 5.38. The van der Waals surface area contributed by atoms with E-state index < -0.39 is 0 Å². The first kappa shape index (κ1) is 14.4. The van der Waals surface area contributed by atoms with Gasteiger partial charge in [0.15, 0.2) is 0 Å². The molecule has 0 atom stereocenters. The number of benzene rings is 1. The van der Waals surface area contributed by atoms with Gasteiger partial charge in [-0.05, 0) is 36.2 Å². The fraction of sp³-hybridized carbons (Fsp3) is 0.294. The number of furan rings is 1. The molecule has 0 saturated carbocycles. The molecular formula is C17H18N2O3. The average Bonchev–Trinajstić information content (AvgIpc) is 3.18. The van der Waals surface area contributed by atoms with Crippen LogP contribution in [-0.4, -0.2) is 23.3 Å². The highest BCUT2D eigenvalue weighted by Gasteiger charge is 2.20. The molecule has 1 saturated heterocycles. The third-order valence-electron chi connectivity index (χ3n) is 3.74. The molecule has 2 amide bonds. The Labute approximate surface area is 128 Å². The normalized spacial score (nSPS) is 14.4. The maximum absolute atomic E-state index is 12.2. The van der Waals surface area contributed by atoms with E-state index in [1.54, 1.807) is 18.4 Å². The Morgan fingerprint density at radius 3 is 2.91 bits per heavy atom. The first-order valence-electron chi connectivity index (χ1n) is 7.40. The highest BCUT2D eigenvalue weighted by molar-refractivity contribution is 5.94. The van der Waals surface area contributed by atoms with Crippen LogP contribution in [0.5, 0.6) is 0 Å². The zero-order chi connectivity index (χ0) is 15.4. The van der Waals surface area contributed by atoms with Crippen LogP contribution >= 0.6 is 0 Å². The zero-order valence-corrected chi connectivity index (χ0v) is 12.2. The van der Waals surface area contributed by atoms with Gasteiger partial charge in [0.1, 0.15) is 5.76 Å². The van der Waals surface area contributed by atoms with Gasteiger partial charge in [-0.3, -0.25) is 9.59 Å². The van der Waals surface area contributed by atoms with Gasteiger partial charge in [0.05, 0.1) is 12.8 Å². The predicted molar refractivity (Wildman–Crippen MR) is 81.0 cm³/mol. The summed E-state index contributed by atoms with van der Waals surface area (Å²) in [7, 11) is 0. The summed E-state index contributed by atoms with van der Waals surface area (Å²) in [6, 6.07) is 11.0. The number of nitrogens with one attached hydrogen (secondary N) is 1. The molecule has 3 rings (SSSR count). The van der Waals surface area contributed by atoms with Crippen molar-refractivity contribution in [3.63, 3.8) is 0 Å². The summed E-state index contributed by atoms with van der Waals surface area (Å²) in [5.41, 5.74) is 1.57. The van der Waals surface area contributed by atoms with Gasteiger partial charge in [-0.25, -0.2) is 0 Å². The predicted octanol–water partition coefficient (Wildman–Crippen LogP) is 2.33. The smallest absolute Gasteiger partial charge is 0.251 e. The van der Waals surface area contributed by atoms with Crippen LogP contribution < -0.4 is 5.32 Å². The number of hydrogen-bond acceptors (Lipinski definition) is 3. The van der Waals surface area contributed by atoms with Crippen LogP contribution in [0.2, 0.25) is 0 Å². The molecular weight excluding hydrogens is 280 g/mol. The van der Waals surface area contributed by atoms with Crippen LogP contribution in [0.3, 0.4) is 0 Å². The van der Waals surface area contributed by atoms with Gasteiger partial charge in [0.25, 0.3) is 5.91 Å². The molecule has 1 N–H and O–H groups in total. The highest BCUT2D eigenvalue weighted by atomic mass is 16.3. The van der Waals surface area contributed by atoms with Crippen molar-refractivity contribution in [3.05, 3.63) is 59.5 Å². The lowest BCUT2D eigenvalue weighted by atomic mass is 10.1. The van der Waals surface area contributed by atoms with Crippen molar-refractivity contribution in [2.45, 2.75) is 25.9 Å². The van der Waals surface area contributed by atoms with Gasteiger partial charge in [0, 0.05) is 25.1 Å². The number of nitrogens with zero attached hydrogens (tertiary/aromatic N) is 1. The van der Waals surface area contributed by atoms with Gasteiger partial charge in [0.2, 0.25) is 5.91 Å². The van der Waals surface area contributed by atoms with Crippen molar-refractivity contribution in [1.29, 1.82) is 0 Å². The van der Waals surface area contributed by atoms with Crippen LogP contribution in [0, 0.1) is 0 Å². The second kappa shape index (κ2) is 6.47. The van der Waals surface area contributed by atoms with E-state index in [-0.39, 0.29) is 11.8 Å². The molecule has 5 heteroatoms. The van der Waals surface area contributed by atoms with E-state index >= 15 is 0 Å². The number of hydrogen-bond donors (Lipinski definition) is 1. The van der Waals surface area contributed by atoms with Crippen molar-refractivity contribution >= 4 is 11.8 Å². The molecule has 0 spiro atoms. The molecule has 0 bridgehead atoms. The number of carbonyl (C=O) groups excluding carboxylic acids is 2. The quantitative estimate of drug-likeness (QED) is 0.921. The Kier molecular flexibility index (Phi) is 4.23. The van der Waals surface area contributed by atoms with Gasteiger partial charge >= 0.3 is 0 Å². The maximum atomic E-state index is 12.2. The maximum Gasteiger partial charge on any atom is 0.251 e. The SMILES string of the molecule is O=C(NCc1ccco1)c1cccc(CN2CCCC2=O)c1. The molecule has 5 nitrogen and oxygen atoms in total. The van der Waals surface area contributed by atoms with Crippen LogP contribution in [0.4, 0.5) is 0 Å². The summed E-state index contributed by atoms with van der Waals surface area (Å²) in [6.45, 7) is 1.73. The third-order valence-corrected chi connectivity index (χ3v) is 3.74. The molecule has 1 aliphatic rings. The Morgan fingerprint density at radius 2 is 2.18 bits per heavy atom. The summed E-state index contributed by atoms with van der Waals surface area (Å²) >= 11 is 0. The lowest BCUT2D eigenvalue weighted by molar-refractivity contribution is -0.128. The first-order chi connectivity index (χ1) is 10.7. The fourth-order valence-corrected chi connectivity index (χ4v) is 2.59. The molecule has 22 heavy (non-hydrogen) atoms. The second-order valence-electron chi connectivity index (χ2n) is 5.38. The molecule has 0 aliphatic carbocycles. The Morgan fingerprint density at radius 1 is 1.27 bits per heavy atom. The van der Waals surface area contributed by atoms with E-state index in [0.29, 0.717) is 30.8 Å². The Hall–Kier alpha value is -2.56. The van der Waals surface area contributed by atoms with Crippen LogP contribution in [0.1, 0.15) is 34.5 Å². The number of rotatable bonds is 5. The molecule has 0 radical (unpaired) electrons. The lowest BCUT2D eigenvalue weighted by Crippen LogP contribution is -2.25. The van der Waals surface area contributed by atoms with Crippen LogP contribution in [-0.2, 0) is 17.9 Å². The van der Waals surface area contributed by atoms with Crippen molar-refractivity contribution in [1.82, 2.24) is 10.2 Å². The van der Waals surface area contributed by atoms with Gasteiger partial charge in [-0.2, -0.15) is 0 Å². The van der Waals surface area contributed by atoms with Gasteiger partial charge < -0.3 is 14.6 Å². The van der Waals surface area contributed by atoms with E-state index in [2.05, 4.69) is 5.32 Å². The van der Waals surface area contributed by atoms with E-state index in [1.165, 1.54) is 0 Å². The van der Waals surface area contributed by atoms with Crippen molar-refractivity contribution in [2.24, 2.45) is 0 Å². The van der Waals surface area contributed by atoms with E-state index in [1.807, 2.05) is 29.2 Å². The Bertz CT molecular complexity index is 664. The molecule has 114 valence electrons. The lowest BCUT2D eigenvalue weighted by Gasteiger charge is -2.15. The largest absolute Gasteiger partial charge is 0.467 e. The minimum Gasteiger partial charge on any atom is -0.467 e. The van der Waals surface area contributed by atoms with Gasteiger partial charge in [-0.1, -0.05) is 12.1 Å². The monoisotopic (exact) mass is 298 g/mol. The summed E-state index contributed by atoms with van der Waals surface area (Å²) in [5.74, 6) is 0.755. The minimum atomic E-state index is -0.147. The number of likely N-dealkylation sites (tertiary alicyclic amines) is 1. The molecule has 1 fully saturated rings. The molecule has 1 aromatic carbocycles. The topological polar surface area (TPSA) is 62.6 Å². The average molecular weight is 298 g/mol. The minimum absolute atomic E-state index is 0.147. The third kappa shape index (κ3) is 3.36. The summed E-state index contributed by atoms with van der Waals surface area (Å²) < 4.78 is 5.19. The van der Waals surface area contributed by atoms with Crippen LogP contribution in [0.15, 0.2) is 47.1 Å². The molecule has 1 aliphatic heterocycles. The van der Waals surface area contributed by atoms with Crippen molar-refractivity contribution < 1.29 is 14.0 Å². The van der Waals surface area contributed by atoms with E-state index in [0.717, 1.165) is 18.5 Å². The fourth-order valence-electron chi connectivity index (χ4n) is 2.59. The molecule has 1 aromatic heterocycles. The van der Waals surface area contributed by atoms with E-state index in [9.17, 15) is 9.59 Å². The molecule has 0 unspecified atom stereocenters.